The summed E-state index contributed by atoms with van der Waals surface area (Å²) in [5, 5.41) is 0. The van der Waals surface area contributed by atoms with Gasteiger partial charge >= 0.3 is 0 Å². The van der Waals surface area contributed by atoms with Gasteiger partial charge in [-0.25, -0.2) is 0 Å². The SMILES string of the molecule is [2H]c1c([2H])c(CC)c(CC)c(C([2H])(N)N)c1[2H]. The van der Waals surface area contributed by atoms with Crippen molar-refractivity contribution in [1.82, 2.24) is 0 Å². The average molecular weight is 182 g/mol. The van der Waals surface area contributed by atoms with Crippen LogP contribution in [0.25, 0.3) is 0 Å². The van der Waals surface area contributed by atoms with Crippen molar-refractivity contribution in [1.29, 1.82) is 0 Å². The molecule has 0 aliphatic carbocycles. The van der Waals surface area contributed by atoms with Gasteiger partial charge in [-0.1, -0.05) is 32.0 Å². The predicted octanol–water partition coefficient (Wildman–Crippen LogP) is 1.73. The quantitative estimate of drug-likeness (QED) is 0.699. The molecule has 0 spiro atoms. The van der Waals surface area contributed by atoms with Crippen molar-refractivity contribution in [2.75, 3.05) is 0 Å². The van der Waals surface area contributed by atoms with E-state index in [4.69, 9.17) is 17.0 Å². The van der Waals surface area contributed by atoms with Crippen molar-refractivity contribution >= 4 is 0 Å². The fraction of sp³-hybridized carbons (Fsp3) is 0.455. The first-order valence-electron chi connectivity index (χ1n) is 6.45. The highest BCUT2D eigenvalue weighted by atomic mass is 14.8. The van der Waals surface area contributed by atoms with Gasteiger partial charge in [0.05, 0.1) is 11.6 Å². The van der Waals surface area contributed by atoms with Crippen molar-refractivity contribution in [3.63, 3.8) is 0 Å². The second kappa shape index (κ2) is 4.40. The molecule has 0 amide bonds. The molecule has 0 atom stereocenters. The summed E-state index contributed by atoms with van der Waals surface area (Å²) in [6.07, 6.45) is -0.779. The minimum atomic E-state index is -1.89. The molecule has 0 heterocycles. The van der Waals surface area contributed by atoms with E-state index in [9.17, 15) is 0 Å². The summed E-state index contributed by atoms with van der Waals surface area (Å²) in [7, 11) is 0. The third-order valence-corrected chi connectivity index (χ3v) is 2.06. The van der Waals surface area contributed by atoms with E-state index in [0.29, 0.717) is 24.0 Å². The first kappa shape index (κ1) is 5.78. The fourth-order valence-electron chi connectivity index (χ4n) is 1.41. The third kappa shape index (κ3) is 2.08. The van der Waals surface area contributed by atoms with Crippen LogP contribution < -0.4 is 11.5 Å². The zero-order valence-electron chi connectivity index (χ0n) is 12.1. The van der Waals surface area contributed by atoms with E-state index in [1.165, 1.54) is 0 Å². The largest absolute Gasteiger partial charge is 0.312 e. The summed E-state index contributed by atoms with van der Waals surface area (Å²) in [6, 6.07) is -0.368. The van der Waals surface area contributed by atoms with Gasteiger partial charge in [-0.2, -0.15) is 0 Å². The molecule has 0 fully saturated rings. The van der Waals surface area contributed by atoms with Crippen LogP contribution >= 0.6 is 0 Å². The molecule has 0 aromatic heterocycles. The number of nitrogens with two attached hydrogens (primary N) is 2. The fourth-order valence-corrected chi connectivity index (χ4v) is 1.41. The Morgan fingerprint density at radius 2 is 2.08 bits per heavy atom. The van der Waals surface area contributed by atoms with Crippen LogP contribution in [0.5, 0.6) is 0 Å². The Balaban J connectivity index is 3.75. The Labute approximate surface area is 85.6 Å². The van der Waals surface area contributed by atoms with Crippen LogP contribution in [0.3, 0.4) is 0 Å². The van der Waals surface area contributed by atoms with Crippen molar-refractivity contribution in [2.24, 2.45) is 11.5 Å². The summed E-state index contributed by atoms with van der Waals surface area (Å²) in [4.78, 5) is 0. The molecule has 0 bridgehead atoms. The van der Waals surface area contributed by atoms with Crippen LogP contribution in [0.4, 0.5) is 0 Å². The summed E-state index contributed by atoms with van der Waals surface area (Å²) >= 11 is 0. The van der Waals surface area contributed by atoms with E-state index in [2.05, 4.69) is 0 Å². The zero-order chi connectivity index (χ0) is 13.4. The van der Waals surface area contributed by atoms with Crippen molar-refractivity contribution in [2.45, 2.75) is 32.8 Å². The molecule has 2 nitrogen and oxygen atoms in total. The molecule has 0 radical (unpaired) electrons. The standard InChI is InChI=1S/C11H18N2/c1-3-8-6-5-7-10(11(12)13)9(8)4-2/h5-7,11H,3-4,12-13H2,1-2H3/i5D,6D,7D,11D. The number of rotatable bonds is 3. The van der Waals surface area contributed by atoms with E-state index in [1.807, 2.05) is 13.8 Å². The van der Waals surface area contributed by atoms with Gasteiger partial charge in [0.2, 0.25) is 0 Å². The molecule has 0 saturated carbocycles. The second-order valence-electron chi connectivity index (χ2n) is 2.87. The Bertz CT molecular complexity index is 438. The maximum absolute atomic E-state index is 7.83. The summed E-state index contributed by atoms with van der Waals surface area (Å²) in [5.41, 5.74) is 12.6. The smallest absolute Gasteiger partial charge is 0.0787 e. The molecule has 1 aromatic carbocycles. The molecule has 1 rings (SSSR count). The molecule has 72 valence electrons. The van der Waals surface area contributed by atoms with Gasteiger partial charge in [0.15, 0.2) is 0 Å². The van der Waals surface area contributed by atoms with Crippen LogP contribution in [0.15, 0.2) is 18.1 Å². The van der Waals surface area contributed by atoms with Crippen molar-refractivity contribution < 1.29 is 5.48 Å². The lowest BCUT2D eigenvalue weighted by atomic mass is 9.96. The number of hydrogen-bond donors (Lipinski definition) is 2. The zero-order valence-corrected chi connectivity index (χ0v) is 8.07. The monoisotopic (exact) mass is 182 g/mol. The molecule has 2 heteroatoms. The van der Waals surface area contributed by atoms with Crippen molar-refractivity contribution in [3.05, 3.63) is 34.8 Å². The molecule has 0 aliphatic rings. The Kier molecular flexibility index (Phi) is 1.96. The summed E-state index contributed by atoms with van der Waals surface area (Å²) in [5.74, 6) is 0. The minimum Gasteiger partial charge on any atom is -0.312 e. The van der Waals surface area contributed by atoms with Crippen LogP contribution in [0, 0.1) is 0 Å². The normalized spacial score (nSPS) is 16.0. The lowest BCUT2D eigenvalue weighted by Crippen LogP contribution is -2.22. The van der Waals surface area contributed by atoms with E-state index in [1.54, 1.807) is 0 Å². The van der Waals surface area contributed by atoms with Gasteiger partial charge in [0.1, 0.15) is 0 Å². The first-order chi connectivity index (χ1) is 7.75. The molecule has 0 aliphatic heterocycles. The predicted molar refractivity (Wildman–Crippen MR) is 56.3 cm³/mol. The molecule has 1 aromatic rings. The Morgan fingerprint density at radius 1 is 1.38 bits per heavy atom. The molecular weight excluding hydrogens is 160 g/mol. The van der Waals surface area contributed by atoms with Gasteiger partial charge in [0.25, 0.3) is 0 Å². The van der Waals surface area contributed by atoms with Gasteiger partial charge < -0.3 is 11.5 Å². The van der Waals surface area contributed by atoms with Gasteiger partial charge in [0, 0.05) is 0 Å². The summed E-state index contributed by atoms with van der Waals surface area (Å²) < 4.78 is 31.1. The van der Waals surface area contributed by atoms with Gasteiger partial charge in [-0.3, -0.25) is 0 Å². The van der Waals surface area contributed by atoms with E-state index < -0.39 is 6.14 Å². The maximum Gasteiger partial charge on any atom is 0.0787 e. The molecule has 0 saturated heterocycles. The Hall–Kier alpha value is -0.860. The molecule has 4 N–H and O–H groups in total. The Morgan fingerprint density at radius 3 is 2.54 bits per heavy atom. The maximum atomic E-state index is 7.83. The van der Waals surface area contributed by atoms with Gasteiger partial charge in [-0.05, 0) is 29.5 Å². The van der Waals surface area contributed by atoms with E-state index in [-0.39, 0.29) is 23.7 Å². The van der Waals surface area contributed by atoms with Crippen LogP contribution in [-0.2, 0) is 12.8 Å². The first-order valence-corrected chi connectivity index (χ1v) is 4.45. The topological polar surface area (TPSA) is 52.0 Å². The highest BCUT2D eigenvalue weighted by molar-refractivity contribution is 5.36. The van der Waals surface area contributed by atoms with Crippen LogP contribution in [0.1, 0.15) is 42.2 Å². The number of benzene rings is 1. The molecule has 13 heavy (non-hydrogen) atoms. The molecular formula is C11H18N2. The minimum absolute atomic E-state index is 0.0438. The third-order valence-electron chi connectivity index (χ3n) is 2.06. The average Bonchev–Trinajstić information content (AvgIpc) is 2.23. The lowest BCUT2D eigenvalue weighted by Gasteiger charge is -2.14. The molecule has 0 unspecified atom stereocenters. The second-order valence-corrected chi connectivity index (χ2v) is 2.87. The number of hydrogen-bond acceptors (Lipinski definition) is 2. The van der Waals surface area contributed by atoms with Crippen LogP contribution in [0.2, 0.25) is 0 Å². The van der Waals surface area contributed by atoms with Gasteiger partial charge in [-0.15, -0.1) is 0 Å². The van der Waals surface area contributed by atoms with E-state index >= 15 is 0 Å². The lowest BCUT2D eigenvalue weighted by molar-refractivity contribution is 0.755. The van der Waals surface area contributed by atoms with Crippen molar-refractivity contribution in [3.8, 4) is 0 Å². The highest BCUT2D eigenvalue weighted by Crippen LogP contribution is 2.18. The van der Waals surface area contributed by atoms with E-state index in [0.717, 1.165) is 0 Å². The van der Waals surface area contributed by atoms with Crippen LogP contribution in [-0.4, -0.2) is 0 Å². The highest BCUT2D eigenvalue weighted by Gasteiger charge is 2.08. The summed E-state index contributed by atoms with van der Waals surface area (Å²) in [6.45, 7) is 3.74.